The zero-order valence-corrected chi connectivity index (χ0v) is 7.93. The summed E-state index contributed by atoms with van der Waals surface area (Å²) >= 11 is 0. The summed E-state index contributed by atoms with van der Waals surface area (Å²) in [4.78, 5) is 0. The summed E-state index contributed by atoms with van der Waals surface area (Å²) in [7, 11) is 0. The third kappa shape index (κ3) is 6.32. The Bertz CT molecular complexity index is 83.6. The molecule has 0 rings (SSSR count). The average Bonchev–Trinajstić information content (AvgIpc) is 1.97. The van der Waals surface area contributed by atoms with Gasteiger partial charge in [0, 0.05) is 6.04 Å². The lowest BCUT2D eigenvalue weighted by molar-refractivity contribution is 0.153. The first kappa shape index (κ1) is 10.9. The minimum absolute atomic E-state index is 0.229. The molecule has 2 N–H and O–H groups in total. The second kappa shape index (κ2) is 6.62. The van der Waals surface area contributed by atoms with Crippen LogP contribution in [0.2, 0.25) is 0 Å². The van der Waals surface area contributed by atoms with Crippen molar-refractivity contribution in [3.63, 3.8) is 0 Å². The van der Waals surface area contributed by atoms with E-state index < -0.39 is 0 Å². The van der Waals surface area contributed by atoms with Crippen LogP contribution in [0.15, 0.2) is 0 Å². The summed E-state index contributed by atoms with van der Waals surface area (Å²) < 4.78 is 0. The van der Waals surface area contributed by atoms with E-state index in [1.165, 1.54) is 19.3 Å². The highest BCUT2D eigenvalue weighted by Crippen LogP contribution is 1.94. The number of hydrogen-bond donors (Lipinski definition) is 2. The summed E-state index contributed by atoms with van der Waals surface area (Å²) in [6.07, 6.45) is 3.51. The molecule has 0 aromatic carbocycles. The topological polar surface area (TPSA) is 32.3 Å². The van der Waals surface area contributed by atoms with Gasteiger partial charge in [-0.1, -0.05) is 19.8 Å². The second-order valence-electron chi connectivity index (χ2n) is 3.19. The zero-order valence-electron chi connectivity index (χ0n) is 7.93. The van der Waals surface area contributed by atoms with E-state index in [1.54, 1.807) is 0 Å². The summed E-state index contributed by atoms with van der Waals surface area (Å²) in [5.74, 6) is 0. The Hall–Kier alpha value is -0.0800. The molecule has 0 spiro atoms. The molecule has 0 fully saturated rings. The van der Waals surface area contributed by atoms with Crippen molar-refractivity contribution in [3.8, 4) is 0 Å². The second-order valence-corrected chi connectivity index (χ2v) is 3.19. The molecule has 0 aromatic heterocycles. The van der Waals surface area contributed by atoms with Crippen molar-refractivity contribution in [1.29, 1.82) is 0 Å². The van der Waals surface area contributed by atoms with Crippen molar-refractivity contribution in [2.24, 2.45) is 0 Å². The molecule has 0 radical (unpaired) electrons. The van der Waals surface area contributed by atoms with Gasteiger partial charge < -0.3 is 10.4 Å². The fourth-order valence-electron chi connectivity index (χ4n) is 0.875. The molecular weight excluding hydrogens is 138 g/mol. The lowest BCUT2D eigenvalue weighted by Gasteiger charge is -2.15. The van der Waals surface area contributed by atoms with Gasteiger partial charge in [-0.05, 0) is 26.8 Å². The first-order valence-corrected chi connectivity index (χ1v) is 4.60. The van der Waals surface area contributed by atoms with Gasteiger partial charge in [0.1, 0.15) is 0 Å². The van der Waals surface area contributed by atoms with Crippen LogP contribution in [0.3, 0.4) is 0 Å². The standard InChI is InChI=1S/C9H21NO/c1-4-5-6-7-10-8(2)9(3)11/h8-11H,4-7H2,1-3H3. The third-order valence-corrected chi connectivity index (χ3v) is 1.97. The van der Waals surface area contributed by atoms with Crippen LogP contribution < -0.4 is 5.32 Å². The predicted molar refractivity (Wildman–Crippen MR) is 48.7 cm³/mol. The molecule has 68 valence electrons. The van der Waals surface area contributed by atoms with Gasteiger partial charge in [0.2, 0.25) is 0 Å². The molecule has 0 heterocycles. The van der Waals surface area contributed by atoms with Gasteiger partial charge in [0.05, 0.1) is 6.10 Å². The van der Waals surface area contributed by atoms with Gasteiger partial charge in [-0.15, -0.1) is 0 Å². The number of aliphatic hydroxyl groups is 1. The maximum atomic E-state index is 9.11. The summed E-state index contributed by atoms with van der Waals surface area (Å²) in [6, 6.07) is 0.229. The van der Waals surface area contributed by atoms with Crippen LogP contribution >= 0.6 is 0 Å². The highest BCUT2D eigenvalue weighted by molar-refractivity contribution is 4.65. The van der Waals surface area contributed by atoms with Gasteiger partial charge in [-0.3, -0.25) is 0 Å². The highest BCUT2D eigenvalue weighted by Gasteiger charge is 2.05. The zero-order chi connectivity index (χ0) is 8.69. The summed E-state index contributed by atoms with van der Waals surface area (Å²) in [6.45, 7) is 7.05. The van der Waals surface area contributed by atoms with E-state index in [4.69, 9.17) is 5.11 Å². The fraction of sp³-hybridized carbons (Fsp3) is 1.00. The van der Waals surface area contributed by atoms with Gasteiger partial charge in [0.15, 0.2) is 0 Å². The molecule has 0 bridgehead atoms. The van der Waals surface area contributed by atoms with Crippen molar-refractivity contribution in [3.05, 3.63) is 0 Å². The van der Waals surface area contributed by atoms with Gasteiger partial charge >= 0.3 is 0 Å². The molecule has 2 heteroatoms. The lowest BCUT2D eigenvalue weighted by atomic mass is 10.2. The van der Waals surface area contributed by atoms with Crippen LogP contribution in [0.4, 0.5) is 0 Å². The molecule has 11 heavy (non-hydrogen) atoms. The SMILES string of the molecule is CCCCCNC(C)C(C)O. The van der Waals surface area contributed by atoms with Crippen LogP contribution in [0.1, 0.15) is 40.0 Å². The average molecular weight is 159 g/mol. The van der Waals surface area contributed by atoms with E-state index in [9.17, 15) is 0 Å². The largest absolute Gasteiger partial charge is 0.392 e. The molecule has 0 saturated heterocycles. The van der Waals surface area contributed by atoms with Crippen LogP contribution in [-0.2, 0) is 0 Å². The van der Waals surface area contributed by atoms with Crippen LogP contribution in [0.5, 0.6) is 0 Å². The fourth-order valence-corrected chi connectivity index (χ4v) is 0.875. The Morgan fingerprint density at radius 1 is 1.27 bits per heavy atom. The quantitative estimate of drug-likeness (QED) is 0.576. The smallest absolute Gasteiger partial charge is 0.0662 e. The Morgan fingerprint density at radius 2 is 1.91 bits per heavy atom. The van der Waals surface area contributed by atoms with Gasteiger partial charge in [0.25, 0.3) is 0 Å². The Balaban J connectivity index is 3.10. The number of aliphatic hydroxyl groups excluding tert-OH is 1. The number of rotatable bonds is 6. The number of nitrogens with one attached hydrogen (secondary N) is 1. The molecule has 2 atom stereocenters. The van der Waals surface area contributed by atoms with E-state index in [-0.39, 0.29) is 12.1 Å². The maximum absolute atomic E-state index is 9.11. The molecule has 2 unspecified atom stereocenters. The molecule has 0 amide bonds. The molecule has 0 aliphatic rings. The third-order valence-electron chi connectivity index (χ3n) is 1.97. The molecule has 0 aliphatic carbocycles. The van der Waals surface area contributed by atoms with Crippen LogP contribution in [0, 0.1) is 0 Å². The van der Waals surface area contributed by atoms with Crippen molar-refractivity contribution < 1.29 is 5.11 Å². The minimum Gasteiger partial charge on any atom is -0.392 e. The Kier molecular flexibility index (Phi) is 6.57. The first-order valence-electron chi connectivity index (χ1n) is 4.60. The summed E-state index contributed by atoms with van der Waals surface area (Å²) in [5.41, 5.74) is 0. The van der Waals surface area contributed by atoms with E-state index in [0.29, 0.717) is 0 Å². The Morgan fingerprint density at radius 3 is 2.36 bits per heavy atom. The van der Waals surface area contributed by atoms with E-state index in [0.717, 1.165) is 6.54 Å². The molecule has 0 aromatic rings. The van der Waals surface area contributed by atoms with Crippen LogP contribution in [0.25, 0.3) is 0 Å². The minimum atomic E-state index is -0.239. The first-order chi connectivity index (χ1) is 5.18. The molecule has 2 nitrogen and oxygen atoms in total. The highest BCUT2D eigenvalue weighted by atomic mass is 16.3. The normalized spacial score (nSPS) is 16.4. The number of unbranched alkanes of at least 4 members (excludes halogenated alkanes) is 2. The molecule has 0 aliphatic heterocycles. The Labute approximate surface area is 70.0 Å². The molecule has 0 saturated carbocycles. The molecular formula is C9H21NO. The summed E-state index contributed by atoms with van der Waals surface area (Å²) in [5, 5.41) is 12.4. The van der Waals surface area contributed by atoms with Crippen molar-refractivity contribution >= 4 is 0 Å². The van der Waals surface area contributed by atoms with Crippen molar-refractivity contribution in [1.82, 2.24) is 5.32 Å². The van der Waals surface area contributed by atoms with Gasteiger partial charge in [-0.25, -0.2) is 0 Å². The van der Waals surface area contributed by atoms with E-state index in [2.05, 4.69) is 12.2 Å². The van der Waals surface area contributed by atoms with E-state index >= 15 is 0 Å². The number of hydrogen-bond acceptors (Lipinski definition) is 2. The van der Waals surface area contributed by atoms with Crippen molar-refractivity contribution in [2.75, 3.05) is 6.54 Å². The van der Waals surface area contributed by atoms with Crippen molar-refractivity contribution in [2.45, 2.75) is 52.2 Å². The van der Waals surface area contributed by atoms with Gasteiger partial charge in [-0.2, -0.15) is 0 Å². The van der Waals surface area contributed by atoms with Crippen LogP contribution in [-0.4, -0.2) is 23.8 Å². The monoisotopic (exact) mass is 159 g/mol. The van der Waals surface area contributed by atoms with E-state index in [1.807, 2.05) is 13.8 Å². The lowest BCUT2D eigenvalue weighted by Crippen LogP contribution is -2.35. The predicted octanol–water partition coefficient (Wildman–Crippen LogP) is 1.54. The maximum Gasteiger partial charge on any atom is 0.0662 e.